The topological polar surface area (TPSA) is 129 Å². The number of aliphatic imine (C=N–C) groups is 2. The van der Waals surface area contributed by atoms with Crippen LogP contribution in [0.4, 0.5) is 0 Å². The fourth-order valence-electron chi connectivity index (χ4n) is 10.2. The normalized spacial score (nSPS) is 21.2. The second-order valence-corrected chi connectivity index (χ2v) is 16.5. The molecular weight excluding hydrogens is 725 g/mol. The first kappa shape index (κ1) is 39.9. The lowest BCUT2D eigenvalue weighted by molar-refractivity contribution is -0.321. The van der Waals surface area contributed by atoms with E-state index in [9.17, 15) is 4.79 Å². The Kier molecular flexibility index (Phi) is 10.8. The maximum absolute atomic E-state index is 12.6. The molecule has 5 aliphatic rings. The number of carbonyl (C=O) groups is 1. The standard InChI is InChI=1S/C48H60N6O4/c1-12-29-25(7)41-43-27(9)31(14-3)45(53-43)46-32(15-4)28(10)44(54-46)42-26(8)30(13-2)38(52-42)21-36-24(6)34(17-19-40-57-22-58-40)48(50-36)47-33(16-18-39(55)56-11)23(5)35(49-47)20-37(29)51-41/h20-21,32,40,46,51-54H,12-19,22H2,1-11H3/b35-20?,36-21-. The Morgan fingerprint density at radius 3 is 1.81 bits per heavy atom. The fourth-order valence-corrected chi connectivity index (χ4v) is 10.2. The molecule has 5 aliphatic heterocycles. The van der Waals surface area contributed by atoms with Gasteiger partial charge in [-0.1, -0.05) is 27.7 Å². The lowest BCUT2D eigenvalue weighted by Crippen LogP contribution is -2.30. The van der Waals surface area contributed by atoms with Crippen LogP contribution in [0.5, 0.6) is 0 Å². The molecule has 0 spiro atoms. The molecule has 1 saturated heterocycles. The van der Waals surface area contributed by atoms with Crippen LogP contribution in [-0.2, 0) is 38.3 Å². The van der Waals surface area contributed by atoms with Crippen molar-refractivity contribution in [3.8, 4) is 11.4 Å². The molecule has 2 unspecified atom stereocenters. The van der Waals surface area contributed by atoms with Crippen LogP contribution in [0, 0.1) is 26.7 Å². The zero-order valence-electron chi connectivity index (χ0n) is 36.3. The van der Waals surface area contributed by atoms with Gasteiger partial charge in [-0.25, -0.2) is 9.98 Å². The molecule has 0 saturated carbocycles. The van der Waals surface area contributed by atoms with Crippen LogP contribution in [-0.4, -0.2) is 52.5 Å². The van der Waals surface area contributed by atoms with Gasteiger partial charge in [0.25, 0.3) is 0 Å². The van der Waals surface area contributed by atoms with Gasteiger partial charge in [0.2, 0.25) is 0 Å². The smallest absolute Gasteiger partial charge is 0.305 e. The van der Waals surface area contributed by atoms with Crippen LogP contribution in [0.25, 0.3) is 29.2 Å². The molecule has 10 heteroatoms. The third-order valence-electron chi connectivity index (χ3n) is 13.6. The van der Waals surface area contributed by atoms with Gasteiger partial charge in [-0.05, 0) is 153 Å². The van der Waals surface area contributed by atoms with E-state index in [1.165, 1.54) is 57.5 Å². The molecule has 58 heavy (non-hydrogen) atoms. The largest absolute Gasteiger partial charge is 0.469 e. The van der Waals surface area contributed by atoms with Gasteiger partial charge in [-0.15, -0.1) is 0 Å². The molecule has 0 radical (unpaired) electrons. The van der Waals surface area contributed by atoms with E-state index < -0.39 is 0 Å². The van der Waals surface area contributed by atoms with Crippen molar-refractivity contribution in [2.75, 3.05) is 13.9 Å². The van der Waals surface area contributed by atoms with Crippen molar-refractivity contribution in [3.63, 3.8) is 0 Å². The second-order valence-electron chi connectivity index (χ2n) is 16.5. The van der Waals surface area contributed by atoms with Crippen LogP contribution in [0.3, 0.4) is 0 Å². The van der Waals surface area contributed by atoms with Crippen molar-refractivity contribution in [2.24, 2.45) is 15.9 Å². The summed E-state index contributed by atoms with van der Waals surface area (Å²) in [6.45, 7) is 22.7. The Morgan fingerprint density at radius 1 is 0.741 bits per heavy atom. The zero-order chi connectivity index (χ0) is 41.2. The highest BCUT2D eigenvalue weighted by molar-refractivity contribution is 6.55. The van der Waals surface area contributed by atoms with Gasteiger partial charge in [0.1, 0.15) is 0 Å². The number of esters is 1. The van der Waals surface area contributed by atoms with Gasteiger partial charge in [0.05, 0.1) is 58.7 Å². The lowest BCUT2D eigenvalue weighted by atomic mass is 9.88. The summed E-state index contributed by atoms with van der Waals surface area (Å²) >= 11 is 0. The first-order valence-electron chi connectivity index (χ1n) is 21.4. The van der Waals surface area contributed by atoms with Crippen LogP contribution >= 0.6 is 0 Å². The Labute approximate surface area is 343 Å². The van der Waals surface area contributed by atoms with Crippen LogP contribution in [0.1, 0.15) is 143 Å². The zero-order valence-corrected chi connectivity index (χ0v) is 36.3. The van der Waals surface area contributed by atoms with E-state index in [1.807, 2.05) is 0 Å². The fraction of sp³-hybridized carbons (Fsp3) is 0.479. The van der Waals surface area contributed by atoms with E-state index in [4.69, 9.17) is 24.2 Å². The summed E-state index contributed by atoms with van der Waals surface area (Å²) in [7, 11) is 1.45. The van der Waals surface area contributed by atoms with Crippen LogP contribution in [0.2, 0.25) is 0 Å². The first-order valence-corrected chi connectivity index (χ1v) is 21.4. The summed E-state index contributed by atoms with van der Waals surface area (Å²) in [5.41, 5.74) is 24.9. The summed E-state index contributed by atoms with van der Waals surface area (Å²) in [4.78, 5) is 35.3. The van der Waals surface area contributed by atoms with Gasteiger partial charge in [0.15, 0.2) is 13.1 Å². The molecule has 306 valence electrons. The van der Waals surface area contributed by atoms with E-state index in [2.05, 4.69) is 102 Å². The molecule has 8 rings (SSSR count). The molecule has 0 amide bonds. The van der Waals surface area contributed by atoms with Crippen molar-refractivity contribution in [2.45, 2.75) is 133 Å². The summed E-state index contributed by atoms with van der Waals surface area (Å²) in [6, 6.07) is 0.117. The number of aromatic amines is 3. The molecule has 10 nitrogen and oxygen atoms in total. The highest BCUT2D eigenvalue weighted by Gasteiger charge is 2.38. The average molecular weight is 785 g/mol. The third kappa shape index (κ3) is 6.43. The van der Waals surface area contributed by atoms with E-state index in [-0.39, 0.29) is 24.7 Å². The van der Waals surface area contributed by atoms with Gasteiger partial charge in [-0.2, -0.15) is 0 Å². The van der Waals surface area contributed by atoms with Gasteiger partial charge in [-0.3, -0.25) is 4.79 Å². The third-order valence-corrected chi connectivity index (χ3v) is 13.6. The molecule has 3 aromatic rings. The summed E-state index contributed by atoms with van der Waals surface area (Å²) < 4.78 is 16.5. The molecular formula is C48H60N6O4. The molecule has 3 aromatic heterocycles. The Hall–Kier alpha value is -4.93. The van der Waals surface area contributed by atoms with Crippen molar-refractivity contribution in [1.29, 1.82) is 0 Å². The average Bonchev–Trinajstić information content (AvgIpc) is 4.01. The number of aromatic nitrogens is 3. The summed E-state index contributed by atoms with van der Waals surface area (Å²) in [6.07, 6.45) is 10.1. The van der Waals surface area contributed by atoms with E-state index >= 15 is 0 Å². The Morgan fingerprint density at radius 2 is 1.28 bits per heavy atom. The summed E-state index contributed by atoms with van der Waals surface area (Å²) in [5, 5.41) is 4.09. The summed E-state index contributed by atoms with van der Waals surface area (Å²) in [5.74, 6) is 0.0882. The van der Waals surface area contributed by atoms with Crippen molar-refractivity contribution in [1.82, 2.24) is 20.3 Å². The highest BCUT2D eigenvalue weighted by atomic mass is 16.8. The molecule has 4 N–H and O–H groups in total. The number of hydrogen-bond donors (Lipinski definition) is 4. The van der Waals surface area contributed by atoms with Crippen molar-refractivity contribution < 1.29 is 19.0 Å². The maximum Gasteiger partial charge on any atom is 0.305 e. The van der Waals surface area contributed by atoms with Gasteiger partial charge < -0.3 is 34.5 Å². The van der Waals surface area contributed by atoms with Crippen molar-refractivity contribution >= 4 is 35.2 Å². The molecule has 0 aromatic carbocycles. The highest BCUT2D eigenvalue weighted by Crippen LogP contribution is 2.46. The number of nitrogens with one attached hydrogen (secondary N) is 4. The number of H-pyrrole nitrogens is 3. The number of methoxy groups -OCH3 is 1. The van der Waals surface area contributed by atoms with Crippen LogP contribution in [0.15, 0.2) is 49.2 Å². The molecule has 8 heterocycles. The number of nitrogens with zero attached hydrogens (tertiary/aromatic N) is 2. The lowest BCUT2D eigenvalue weighted by Gasteiger charge is -2.27. The minimum Gasteiger partial charge on any atom is -0.469 e. The molecule has 2 atom stereocenters. The number of ether oxygens (including phenoxy) is 3. The van der Waals surface area contributed by atoms with E-state index in [1.54, 1.807) is 0 Å². The molecule has 0 aliphatic carbocycles. The minimum atomic E-state index is -0.247. The predicted octanol–water partition coefficient (Wildman–Crippen LogP) is 10.4. The number of allylic oxidation sites excluding steroid dienone is 4. The SMILES string of the molecule is CCc1c2[nH]c(c1C)-c1[nH]c(c(CC)c1C)C1NC(=C(C)C1CC)c1[nH]c(c(CC)c1C)/C=C1\N=C(C3=NC(=C2)C(C)=C3CCC(=O)OC)C(CCC2OCO2)=C1C. The minimum absolute atomic E-state index is 0.117. The number of rotatable bonds is 10. The number of fused-ring (bicyclic) bond motifs is 14. The van der Waals surface area contributed by atoms with Gasteiger partial charge >= 0.3 is 5.97 Å². The van der Waals surface area contributed by atoms with Crippen LogP contribution < -0.4 is 5.32 Å². The van der Waals surface area contributed by atoms with Crippen molar-refractivity contribution in [3.05, 3.63) is 95.4 Å². The Bertz CT molecular complexity index is 2430. The quantitative estimate of drug-likeness (QED) is 0.152. The Balaban J connectivity index is 1.39. The first-order chi connectivity index (χ1) is 27.9. The monoisotopic (exact) mass is 784 g/mol. The number of carbonyl (C=O) groups excluding carboxylic acids is 1. The predicted molar refractivity (Wildman–Crippen MR) is 234 cm³/mol. The second kappa shape index (κ2) is 15.7. The number of hydrogen-bond acceptors (Lipinski definition) is 7. The molecule has 1 fully saturated rings. The van der Waals surface area contributed by atoms with E-state index in [0.717, 1.165) is 106 Å². The maximum atomic E-state index is 12.6. The molecule has 12 bridgehead atoms. The van der Waals surface area contributed by atoms with E-state index in [0.29, 0.717) is 25.6 Å². The van der Waals surface area contributed by atoms with Gasteiger partial charge in [0, 0.05) is 35.8 Å².